The molecular weight excluding hydrogens is 723 g/mol. The van der Waals surface area contributed by atoms with Gasteiger partial charge in [-0.3, -0.25) is 9.59 Å². The number of hydrogen-bond acceptors (Lipinski definition) is 6. The lowest BCUT2D eigenvalue weighted by Gasteiger charge is -2.31. The summed E-state index contributed by atoms with van der Waals surface area (Å²) in [5.74, 6) is -4.91. The molecule has 2 aromatic carbocycles. The van der Waals surface area contributed by atoms with E-state index in [2.05, 4.69) is 4.74 Å². The molecule has 41 heavy (non-hydrogen) atoms. The molecule has 0 aliphatic carbocycles. The molecule has 0 fully saturated rings. The van der Waals surface area contributed by atoms with Gasteiger partial charge in [-0.2, -0.15) is 39.5 Å². The molecule has 2 rings (SSSR count). The van der Waals surface area contributed by atoms with Crippen molar-refractivity contribution in [2.24, 2.45) is 0 Å². The number of rotatable bonds is 6. The van der Waals surface area contributed by atoms with E-state index in [1.165, 1.54) is 0 Å². The lowest BCUT2D eigenvalue weighted by molar-refractivity contribution is -0.348. The molecule has 0 radical (unpaired) electrons. The molecule has 0 aliphatic heterocycles. The van der Waals surface area contributed by atoms with Gasteiger partial charge in [-0.1, -0.05) is 6.07 Å². The average Bonchev–Trinajstić information content (AvgIpc) is 2.80. The van der Waals surface area contributed by atoms with Gasteiger partial charge in [-0.15, -0.1) is 0 Å². The van der Waals surface area contributed by atoms with Crippen LogP contribution >= 0.6 is 21.2 Å². The first kappa shape index (κ1) is 34.2. The number of carbonyl (C=O) groups is 3. The van der Waals surface area contributed by atoms with E-state index in [1.54, 1.807) is 0 Å². The van der Waals surface area contributed by atoms with Gasteiger partial charge in [-0.25, -0.2) is 22.5 Å². The number of alkyl halides is 10. The van der Waals surface area contributed by atoms with Crippen LogP contribution in [-0.4, -0.2) is 45.2 Å². The Morgan fingerprint density at radius 2 is 1.34 bits per heavy atom. The zero-order chi connectivity index (χ0) is 31.9. The van der Waals surface area contributed by atoms with Gasteiger partial charge < -0.3 is 4.74 Å². The second-order valence-corrected chi connectivity index (χ2v) is 12.7. The van der Waals surface area contributed by atoms with Gasteiger partial charge in [0.2, 0.25) is 12.9 Å². The standard InChI is InChI=1S/C22H14F10INO6S/c1-3-40-18(37)14-8-11(19(23,21(27,28)29)22(30,31)32)5-7-15(14)34(10(2)35)17(36)13-6-4-12(20(24,25)26)9-16(13)41(33,38)39/h4-9H,3H2,1-2H3. The van der Waals surface area contributed by atoms with Crippen LogP contribution in [-0.2, 0) is 28.4 Å². The van der Waals surface area contributed by atoms with Gasteiger partial charge in [0.15, 0.2) is 0 Å². The van der Waals surface area contributed by atoms with Crippen LogP contribution in [0.1, 0.15) is 45.7 Å². The van der Waals surface area contributed by atoms with Crippen LogP contribution < -0.4 is 4.90 Å². The fourth-order valence-corrected chi connectivity index (χ4v) is 5.20. The van der Waals surface area contributed by atoms with Crippen LogP contribution in [0.25, 0.3) is 0 Å². The lowest BCUT2D eigenvalue weighted by Crippen LogP contribution is -2.50. The highest BCUT2D eigenvalue weighted by atomic mass is 127. The van der Waals surface area contributed by atoms with Gasteiger partial charge in [-0.05, 0) is 37.3 Å². The fourth-order valence-electron chi connectivity index (χ4n) is 3.43. The number of nitrogens with zero attached hydrogens (tertiary/aromatic N) is 1. The van der Waals surface area contributed by atoms with Crippen molar-refractivity contribution in [2.75, 3.05) is 11.5 Å². The summed E-state index contributed by atoms with van der Waals surface area (Å²) in [6.07, 6.45) is -18.3. The van der Waals surface area contributed by atoms with Gasteiger partial charge in [0.25, 0.3) is 5.91 Å². The van der Waals surface area contributed by atoms with E-state index in [0.29, 0.717) is 34.2 Å². The minimum absolute atomic E-state index is 0.0484. The third-order valence-electron chi connectivity index (χ3n) is 5.23. The molecular formula is C22H14F10INO6S. The number of amides is 2. The normalized spacial score (nSPS) is 13.1. The van der Waals surface area contributed by atoms with E-state index in [-0.39, 0.29) is 35.2 Å². The third kappa shape index (κ3) is 6.75. The molecule has 226 valence electrons. The van der Waals surface area contributed by atoms with Crippen molar-refractivity contribution in [1.82, 2.24) is 0 Å². The van der Waals surface area contributed by atoms with E-state index < -0.39 is 88.4 Å². The molecule has 19 heteroatoms. The topological polar surface area (TPSA) is 97.8 Å². The average molecular weight is 737 g/mol. The minimum Gasteiger partial charge on any atom is -0.462 e. The van der Waals surface area contributed by atoms with Crippen LogP contribution in [0.3, 0.4) is 0 Å². The smallest absolute Gasteiger partial charge is 0.435 e. The second-order valence-electron chi connectivity index (χ2n) is 7.91. The summed E-state index contributed by atoms with van der Waals surface area (Å²) < 4.78 is 163. The Hall–Kier alpha value is -2.97. The molecule has 0 aromatic heterocycles. The first-order chi connectivity index (χ1) is 18.4. The molecule has 0 aliphatic rings. The van der Waals surface area contributed by atoms with Crippen molar-refractivity contribution in [3.8, 4) is 0 Å². The molecule has 0 saturated heterocycles. The van der Waals surface area contributed by atoms with Crippen molar-refractivity contribution < 1.29 is 71.4 Å². The Morgan fingerprint density at radius 3 is 1.76 bits per heavy atom. The van der Waals surface area contributed by atoms with E-state index in [1.807, 2.05) is 0 Å². The van der Waals surface area contributed by atoms with E-state index in [0.717, 1.165) is 6.92 Å². The quantitative estimate of drug-likeness (QED) is 0.146. The number of esters is 1. The number of anilines is 1. The van der Waals surface area contributed by atoms with Crippen molar-refractivity contribution in [3.05, 3.63) is 58.7 Å². The fraction of sp³-hybridized carbons (Fsp3) is 0.318. The van der Waals surface area contributed by atoms with Crippen LogP contribution in [0.4, 0.5) is 49.6 Å². The summed E-state index contributed by atoms with van der Waals surface area (Å²) in [4.78, 5) is 36.9. The molecule has 0 saturated carbocycles. The first-order valence-electron chi connectivity index (χ1n) is 10.5. The summed E-state index contributed by atoms with van der Waals surface area (Å²) >= 11 is 0.678. The number of hydrogen-bond donors (Lipinski definition) is 0. The largest absolute Gasteiger partial charge is 0.462 e. The zero-order valence-electron chi connectivity index (χ0n) is 20.1. The van der Waals surface area contributed by atoms with Gasteiger partial charge >= 0.3 is 30.2 Å². The number of benzene rings is 2. The first-order valence-corrected chi connectivity index (χ1v) is 14.6. The Kier molecular flexibility index (Phi) is 9.49. The molecule has 2 amide bonds. The molecule has 0 spiro atoms. The second kappa shape index (κ2) is 11.4. The lowest BCUT2D eigenvalue weighted by atomic mass is 9.91. The highest BCUT2D eigenvalue weighted by Gasteiger charge is 2.73. The molecule has 0 N–H and O–H groups in total. The van der Waals surface area contributed by atoms with E-state index in [4.69, 9.17) is 0 Å². The number of carbonyl (C=O) groups excluding carboxylic acids is 3. The Morgan fingerprint density at radius 1 is 0.829 bits per heavy atom. The summed E-state index contributed by atoms with van der Waals surface area (Å²) in [6, 6.07) is 0.425. The van der Waals surface area contributed by atoms with Crippen LogP contribution in [0, 0.1) is 0 Å². The monoisotopic (exact) mass is 737 g/mol. The van der Waals surface area contributed by atoms with Crippen LogP contribution in [0.2, 0.25) is 0 Å². The van der Waals surface area contributed by atoms with Crippen molar-refractivity contribution in [2.45, 2.75) is 42.9 Å². The van der Waals surface area contributed by atoms with Gasteiger partial charge in [0, 0.05) is 12.5 Å². The van der Waals surface area contributed by atoms with Crippen LogP contribution in [0.5, 0.6) is 0 Å². The highest BCUT2D eigenvalue weighted by Crippen LogP contribution is 2.53. The Bertz CT molecular complexity index is 1470. The SMILES string of the molecule is CCOC(=O)c1cc(C(F)(C(F)(F)F)C(F)(F)F)ccc1N(C(C)=O)C(=O)c1ccc(C(F)(F)F)cc1S(=O)(=O)I. The number of ether oxygens (including phenoxy) is 1. The Balaban J connectivity index is 2.93. The predicted molar refractivity (Wildman–Crippen MR) is 127 cm³/mol. The summed E-state index contributed by atoms with van der Waals surface area (Å²) in [7, 11) is -4.68. The maximum absolute atomic E-state index is 14.7. The Labute approximate surface area is 235 Å². The molecule has 0 heterocycles. The van der Waals surface area contributed by atoms with E-state index in [9.17, 15) is 66.7 Å². The van der Waals surface area contributed by atoms with E-state index >= 15 is 0 Å². The molecule has 0 atom stereocenters. The maximum atomic E-state index is 14.7. The van der Waals surface area contributed by atoms with Gasteiger partial charge in [0.05, 0.1) is 55.1 Å². The molecule has 2 aromatic rings. The third-order valence-corrected chi connectivity index (χ3v) is 7.52. The van der Waals surface area contributed by atoms with Gasteiger partial charge in [0.1, 0.15) is 0 Å². The minimum atomic E-state index is -6.61. The zero-order valence-corrected chi connectivity index (χ0v) is 23.1. The van der Waals surface area contributed by atoms with Crippen molar-refractivity contribution in [3.63, 3.8) is 0 Å². The molecule has 7 nitrogen and oxygen atoms in total. The maximum Gasteiger partial charge on any atom is 0.435 e. The summed E-state index contributed by atoms with van der Waals surface area (Å²) in [5.41, 5.74) is -13.3. The summed E-state index contributed by atoms with van der Waals surface area (Å²) in [5, 5.41) is 0. The molecule has 0 bridgehead atoms. The van der Waals surface area contributed by atoms with Crippen molar-refractivity contribution >= 4 is 51.7 Å². The number of halogens is 11. The highest BCUT2D eigenvalue weighted by molar-refractivity contribution is 14.2. The van der Waals surface area contributed by atoms with Crippen molar-refractivity contribution in [1.29, 1.82) is 0 Å². The predicted octanol–water partition coefficient (Wildman–Crippen LogP) is 6.49. The molecule has 0 unspecified atom stereocenters. The van der Waals surface area contributed by atoms with Crippen LogP contribution in [0.15, 0.2) is 41.3 Å². The number of imide groups is 1. The summed E-state index contributed by atoms with van der Waals surface area (Å²) in [6.45, 7) is 1.19.